The first-order valence-electron chi connectivity index (χ1n) is 10.7. The fourth-order valence-electron chi connectivity index (χ4n) is 4.62. The van der Waals surface area contributed by atoms with Gasteiger partial charge >= 0.3 is 0 Å². The molecule has 1 fully saturated rings. The Balaban J connectivity index is 1.47. The number of aromatic amines is 2. The van der Waals surface area contributed by atoms with Gasteiger partial charge < -0.3 is 15.4 Å². The van der Waals surface area contributed by atoms with Gasteiger partial charge in [-0.3, -0.25) is 15.1 Å². The van der Waals surface area contributed by atoms with Gasteiger partial charge in [0.15, 0.2) is 0 Å². The summed E-state index contributed by atoms with van der Waals surface area (Å²) >= 11 is 0. The number of fused-ring (bicyclic) bond motifs is 2. The zero-order valence-corrected chi connectivity index (χ0v) is 17.2. The summed E-state index contributed by atoms with van der Waals surface area (Å²) in [6.07, 6.45) is 7.42. The lowest BCUT2D eigenvalue weighted by molar-refractivity contribution is 0.453. The van der Waals surface area contributed by atoms with E-state index >= 15 is 0 Å². The number of pyridine rings is 2. The largest absolute Gasteiger partial charge is 0.508 e. The maximum atomic E-state index is 13.9. The van der Waals surface area contributed by atoms with Crippen LogP contribution in [0.5, 0.6) is 5.75 Å². The standard InChI is InChI=1S/C24H21FN6O/c25-15-5-14(6-16(32)7-15)19-10-27-11-22-17(19)8-21(29-22)24-18-9-20(13-1-3-26-4-2-13)28-12-23(18)30-31-24/h5-13,26,29,32H,1-4H2,(H,30,31). The van der Waals surface area contributed by atoms with Crippen molar-refractivity contribution in [1.29, 1.82) is 0 Å². The van der Waals surface area contributed by atoms with Gasteiger partial charge in [-0.05, 0) is 55.8 Å². The molecule has 1 saturated heterocycles. The lowest BCUT2D eigenvalue weighted by atomic mass is 9.93. The third-order valence-electron chi connectivity index (χ3n) is 6.22. The smallest absolute Gasteiger partial charge is 0.127 e. The van der Waals surface area contributed by atoms with E-state index in [-0.39, 0.29) is 5.75 Å². The summed E-state index contributed by atoms with van der Waals surface area (Å²) in [7, 11) is 0. The predicted octanol–water partition coefficient (Wildman–Crippen LogP) is 4.48. The van der Waals surface area contributed by atoms with Crippen molar-refractivity contribution in [1.82, 2.24) is 30.5 Å². The summed E-state index contributed by atoms with van der Waals surface area (Å²) in [6, 6.07) is 8.15. The van der Waals surface area contributed by atoms with Crippen molar-refractivity contribution in [3.05, 3.63) is 60.4 Å². The first-order valence-corrected chi connectivity index (χ1v) is 10.7. The molecule has 0 bridgehead atoms. The predicted molar refractivity (Wildman–Crippen MR) is 121 cm³/mol. The van der Waals surface area contributed by atoms with E-state index in [0.717, 1.165) is 76.4 Å². The minimum atomic E-state index is -0.496. The summed E-state index contributed by atoms with van der Waals surface area (Å²) in [5, 5.41) is 22.8. The van der Waals surface area contributed by atoms with Gasteiger partial charge in [-0.1, -0.05) is 0 Å². The third-order valence-corrected chi connectivity index (χ3v) is 6.22. The van der Waals surface area contributed by atoms with Crippen LogP contribution in [-0.4, -0.2) is 43.3 Å². The van der Waals surface area contributed by atoms with E-state index in [1.54, 1.807) is 12.4 Å². The highest BCUT2D eigenvalue weighted by Gasteiger charge is 2.19. The Hall–Kier alpha value is -3.78. The summed E-state index contributed by atoms with van der Waals surface area (Å²) in [4.78, 5) is 12.4. The maximum Gasteiger partial charge on any atom is 0.127 e. The average Bonchev–Trinajstić information content (AvgIpc) is 3.42. The van der Waals surface area contributed by atoms with E-state index < -0.39 is 5.82 Å². The van der Waals surface area contributed by atoms with Crippen molar-refractivity contribution in [3.63, 3.8) is 0 Å². The highest BCUT2D eigenvalue weighted by molar-refractivity contribution is 6.00. The van der Waals surface area contributed by atoms with E-state index in [4.69, 9.17) is 0 Å². The number of phenols is 1. The maximum absolute atomic E-state index is 13.9. The second-order valence-corrected chi connectivity index (χ2v) is 8.28. The first-order chi connectivity index (χ1) is 15.7. The van der Waals surface area contributed by atoms with Crippen molar-refractivity contribution in [3.8, 4) is 28.3 Å². The summed E-state index contributed by atoms with van der Waals surface area (Å²) in [5.41, 5.74) is 5.72. The molecule has 0 atom stereocenters. The van der Waals surface area contributed by atoms with Crippen LogP contribution >= 0.6 is 0 Å². The Labute approximate surface area is 182 Å². The zero-order valence-electron chi connectivity index (χ0n) is 17.2. The molecular weight excluding hydrogens is 407 g/mol. The van der Waals surface area contributed by atoms with Crippen molar-refractivity contribution in [2.45, 2.75) is 18.8 Å². The number of rotatable bonds is 3. The van der Waals surface area contributed by atoms with Crippen LogP contribution in [0.1, 0.15) is 24.5 Å². The number of aromatic hydroxyl groups is 1. The number of phenolic OH excluding ortho intramolecular Hbond substituents is 1. The molecule has 32 heavy (non-hydrogen) atoms. The molecule has 0 spiro atoms. The van der Waals surface area contributed by atoms with Crippen LogP contribution in [0.2, 0.25) is 0 Å². The lowest BCUT2D eigenvalue weighted by Crippen LogP contribution is -2.27. The molecule has 160 valence electrons. The molecule has 1 aliphatic heterocycles. The Morgan fingerprint density at radius 1 is 0.938 bits per heavy atom. The monoisotopic (exact) mass is 428 g/mol. The molecule has 0 radical (unpaired) electrons. The van der Waals surface area contributed by atoms with Gasteiger partial charge in [0.25, 0.3) is 0 Å². The molecule has 0 unspecified atom stereocenters. The van der Waals surface area contributed by atoms with Crippen LogP contribution in [0.25, 0.3) is 44.3 Å². The summed E-state index contributed by atoms with van der Waals surface area (Å²) < 4.78 is 13.9. The van der Waals surface area contributed by atoms with Crippen molar-refractivity contribution < 1.29 is 9.50 Å². The van der Waals surface area contributed by atoms with E-state index in [2.05, 4.69) is 36.5 Å². The minimum absolute atomic E-state index is 0.121. The topological polar surface area (TPSA) is 103 Å². The van der Waals surface area contributed by atoms with Gasteiger partial charge in [0.05, 0.1) is 29.1 Å². The van der Waals surface area contributed by atoms with Crippen molar-refractivity contribution in [2.24, 2.45) is 0 Å². The number of benzene rings is 1. The molecule has 5 heterocycles. The molecule has 0 amide bonds. The fourth-order valence-corrected chi connectivity index (χ4v) is 4.62. The number of hydrogen-bond donors (Lipinski definition) is 4. The van der Waals surface area contributed by atoms with E-state index in [9.17, 15) is 9.50 Å². The average molecular weight is 428 g/mol. The highest BCUT2D eigenvalue weighted by Crippen LogP contribution is 2.35. The molecule has 0 aliphatic carbocycles. The van der Waals surface area contributed by atoms with Crippen LogP contribution in [0.4, 0.5) is 4.39 Å². The van der Waals surface area contributed by atoms with Gasteiger partial charge in [0.2, 0.25) is 0 Å². The number of piperidine rings is 1. The molecule has 4 N–H and O–H groups in total. The Morgan fingerprint density at radius 2 is 1.81 bits per heavy atom. The minimum Gasteiger partial charge on any atom is -0.508 e. The Morgan fingerprint density at radius 3 is 2.66 bits per heavy atom. The van der Waals surface area contributed by atoms with Crippen molar-refractivity contribution >= 4 is 21.8 Å². The van der Waals surface area contributed by atoms with E-state index in [1.807, 2.05) is 12.3 Å². The van der Waals surface area contributed by atoms with Gasteiger partial charge in [0.1, 0.15) is 17.3 Å². The molecule has 1 aromatic carbocycles. The SMILES string of the molecule is Oc1cc(F)cc(-c2cncc3[nH]c(-c4n[nH]c5cnc(C6CCNCC6)cc45)cc23)c1. The molecule has 5 aromatic rings. The Kier molecular flexibility index (Phi) is 4.39. The number of aromatic nitrogens is 5. The Bertz CT molecular complexity index is 1430. The van der Waals surface area contributed by atoms with Crippen molar-refractivity contribution in [2.75, 3.05) is 13.1 Å². The zero-order chi connectivity index (χ0) is 21.7. The van der Waals surface area contributed by atoms with Crippen LogP contribution in [-0.2, 0) is 0 Å². The van der Waals surface area contributed by atoms with Crippen LogP contribution in [0, 0.1) is 5.82 Å². The number of nitrogens with one attached hydrogen (secondary N) is 3. The van der Waals surface area contributed by atoms with Gasteiger partial charge in [-0.2, -0.15) is 5.10 Å². The first kappa shape index (κ1) is 18.9. The molecule has 1 aliphatic rings. The summed E-state index contributed by atoms with van der Waals surface area (Å²) in [5.74, 6) is -0.171. The number of hydrogen-bond acceptors (Lipinski definition) is 5. The molecule has 4 aromatic heterocycles. The quantitative estimate of drug-likeness (QED) is 0.339. The van der Waals surface area contributed by atoms with Gasteiger partial charge in [-0.15, -0.1) is 0 Å². The van der Waals surface area contributed by atoms with Crippen LogP contribution in [0.15, 0.2) is 48.9 Å². The van der Waals surface area contributed by atoms with Crippen LogP contribution < -0.4 is 5.32 Å². The number of halogens is 1. The third kappa shape index (κ3) is 3.20. The fraction of sp³-hybridized carbons (Fsp3) is 0.208. The number of H-pyrrole nitrogens is 2. The summed E-state index contributed by atoms with van der Waals surface area (Å²) in [6.45, 7) is 2.02. The van der Waals surface area contributed by atoms with E-state index in [1.165, 1.54) is 12.1 Å². The number of nitrogens with zero attached hydrogens (tertiary/aromatic N) is 3. The second kappa shape index (κ2) is 7.42. The van der Waals surface area contributed by atoms with Gasteiger partial charge in [0, 0.05) is 40.2 Å². The lowest BCUT2D eigenvalue weighted by Gasteiger charge is -2.22. The van der Waals surface area contributed by atoms with Crippen LogP contribution in [0.3, 0.4) is 0 Å². The highest BCUT2D eigenvalue weighted by atomic mass is 19.1. The molecule has 7 nitrogen and oxygen atoms in total. The normalized spacial score (nSPS) is 15.0. The molecule has 0 saturated carbocycles. The molecule has 8 heteroatoms. The van der Waals surface area contributed by atoms with Gasteiger partial charge in [-0.25, -0.2) is 4.39 Å². The van der Waals surface area contributed by atoms with E-state index in [0.29, 0.717) is 11.5 Å². The second-order valence-electron chi connectivity index (χ2n) is 8.28. The molecular formula is C24H21FN6O. The molecule has 6 rings (SSSR count).